The van der Waals surface area contributed by atoms with E-state index >= 15 is 0 Å². The zero-order valence-electron chi connectivity index (χ0n) is 24.8. The number of alkyl halides is 3. The van der Waals surface area contributed by atoms with Gasteiger partial charge in [0.1, 0.15) is 18.1 Å². The Morgan fingerprint density at radius 3 is 1.86 bits per heavy atom. The van der Waals surface area contributed by atoms with Crippen molar-refractivity contribution in [3.05, 3.63) is 82.6 Å². The van der Waals surface area contributed by atoms with Crippen LogP contribution in [0.4, 0.5) is 13.2 Å². The van der Waals surface area contributed by atoms with E-state index in [9.17, 15) is 21.6 Å². The first-order valence-corrected chi connectivity index (χ1v) is 15.6. The minimum absolute atomic E-state index is 0.0222. The zero-order chi connectivity index (χ0) is 33.0. The molecule has 0 radical (unpaired) electrons. The number of ether oxygens (including phenoxy) is 1. The second kappa shape index (κ2) is 20.1. The fraction of sp³-hybridized carbons (Fsp3) is 0.438. The van der Waals surface area contributed by atoms with E-state index in [1.807, 2.05) is 6.07 Å². The van der Waals surface area contributed by atoms with E-state index in [1.165, 1.54) is 43.2 Å². The highest BCUT2D eigenvalue weighted by Crippen LogP contribution is 2.35. The molecule has 8 nitrogen and oxygen atoms in total. The second-order valence-electron chi connectivity index (χ2n) is 9.68. The Kier molecular flexibility index (Phi) is 17.3. The molecule has 0 heterocycles. The third-order valence-corrected chi connectivity index (χ3v) is 7.87. The van der Waals surface area contributed by atoms with Crippen molar-refractivity contribution >= 4 is 28.0 Å². The van der Waals surface area contributed by atoms with Gasteiger partial charge in [-0.1, -0.05) is 61.9 Å². The summed E-state index contributed by atoms with van der Waals surface area (Å²) in [6, 6.07) is 18.9. The largest absolute Gasteiger partial charge is 0.534 e. The lowest BCUT2D eigenvalue weighted by atomic mass is 9.86. The van der Waals surface area contributed by atoms with Crippen LogP contribution >= 0.6 is 0 Å². The number of hydrogen-bond acceptors (Lipinski definition) is 8. The standard InChI is InChI=1S/C21H24O.C9H13F3O3S.2CO2/c1-2-18-11-6-7-14-21(18)19-12-8-13-20(15-19)22-16-17-9-4-3-5-10-17;1-2-7-5-3-4-6-8(7)15-16(13,14)9(10,11)12;2*2-1-3/h3-5,8-10,12-13,15H,2,6-7,11,14,16H2,1H3;2-6H2,1H3;;. The Balaban J connectivity index is 0.000000387. The van der Waals surface area contributed by atoms with Gasteiger partial charge in [-0.25, -0.2) is 0 Å². The zero-order valence-corrected chi connectivity index (χ0v) is 25.6. The smallest absolute Gasteiger partial charge is 0.489 e. The number of rotatable bonds is 8. The maximum absolute atomic E-state index is 12.1. The highest BCUT2D eigenvalue weighted by molar-refractivity contribution is 7.87. The summed E-state index contributed by atoms with van der Waals surface area (Å²) in [4.78, 5) is 32.5. The minimum Gasteiger partial charge on any atom is -0.489 e. The number of hydrogen-bond donors (Lipinski definition) is 0. The third kappa shape index (κ3) is 13.1. The Morgan fingerprint density at radius 2 is 1.30 bits per heavy atom. The predicted octanol–water partition coefficient (Wildman–Crippen LogP) is 7.93. The molecule has 0 amide bonds. The van der Waals surface area contributed by atoms with Crippen LogP contribution in [0, 0.1) is 0 Å². The summed E-state index contributed by atoms with van der Waals surface area (Å²) >= 11 is 0. The summed E-state index contributed by atoms with van der Waals surface area (Å²) in [7, 11) is -5.50. The van der Waals surface area contributed by atoms with Crippen LogP contribution < -0.4 is 4.74 Å². The normalized spacial score (nSPS) is 14.7. The first-order valence-electron chi connectivity index (χ1n) is 14.2. The topological polar surface area (TPSA) is 121 Å². The summed E-state index contributed by atoms with van der Waals surface area (Å²) in [5, 5.41) is 0. The molecule has 0 saturated carbocycles. The molecular weight excluding hydrogens is 601 g/mol. The van der Waals surface area contributed by atoms with Gasteiger partial charge in [-0.2, -0.15) is 40.8 Å². The van der Waals surface area contributed by atoms with Crippen molar-refractivity contribution in [1.82, 2.24) is 0 Å². The molecule has 44 heavy (non-hydrogen) atoms. The van der Waals surface area contributed by atoms with Gasteiger partial charge < -0.3 is 8.92 Å². The Morgan fingerprint density at radius 1 is 0.750 bits per heavy atom. The van der Waals surface area contributed by atoms with Gasteiger partial charge in [0.25, 0.3) is 0 Å². The van der Waals surface area contributed by atoms with Crippen molar-refractivity contribution in [1.29, 1.82) is 0 Å². The van der Waals surface area contributed by atoms with E-state index in [-0.39, 0.29) is 24.5 Å². The van der Waals surface area contributed by atoms with Crippen LogP contribution in [-0.4, -0.2) is 26.2 Å². The Hall–Kier alpha value is -3.98. The average molecular weight is 639 g/mol. The quantitative estimate of drug-likeness (QED) is 0.211. The van der Waals surface area contributed by atoms with E-state index < -0.39 is 15.6 Å². The molecule has 2 aromatic carbocycles. The van der Waals surface area contributed by atoms with Gasteiger partial charge in [0.05, 0.1) is 0 Å². The molecule has 0 fully saturated rings. The number of benzene rings is 2. The Labute approximate surface area is 256 Å². The molecule has 2 aliphatic rings. The molecule has 2 aliphatic carbocycles. The fourth-order valence-corrected chi connectivity index (χ4v) is 5.38. The van der Waals surface area contributed by atoms with Crippen molar-refractivity contribution in [2.45, 2.75) is 90.2 Å². The van der Waals surface area contributed by atoms with Gasteiger partial charge in [-0.05, 0) is 92.2 Å². The molecule has 0 atom stereocenters. The molecule has 240 valence electrons. The summed E-state index contributed by atoms with van der Waals surface area (Å²) in [5.41, 5.74) is 1.06. The van der Waals surface area contributed by atoms with E-state index in [0.717, 1.165) is 12.2 Å². The van der Waals surface area contributed by atoms with Gasteiger partial charge in [-0.3, -0.25) is 0 Å². The SMILES string of the molecule is CCC1=C(OS(=O)(=O)C(F)(F)F)CCCC1.CCC1=C(c2cccc(OCc3ccccc3)c2)CCCC1.O=C=O.O=C=O. The van der Waals surface area contributed by atoms with Crippen LogP contribution in [0.15, 0.2) is 71.5 Å². The molecule has 0 saturated heterocycles. The summed E-state index contributed by atoms with van der Waals surface area (Å²) in [6.45, 7) is 4.67. The summed E-state index contributed by atoms with van der Waals surface area (Å²) in [6.07, 6.45) is 9.72. The lowest BCUT2D eigenvalue weighted by Crippen LogP contribution is -2.26. The highest BCUT2D eigenvalue weighted by Gasteiger charge is 2.49. The highest BCUT2D eigenvalue weighted by atomic mass is 32.2. The van der Waals surface area contributed by atoms with E-state index in [0.29, 0.717) is 31.4 Å². The van der Waals surface area contributed by atoms with Gasteiger partial charge in [-0.15, -0.1) is 0 Å². The molecular formula is C32H37F3O8S. The number of carbonyl (C=O) groups excluding carboxylic acids is 4. The van der Waals surface area contributed by atoms with Crippen molar-refractivity contribution in [2.75, 3.05) is 0 Å². The van der Waals surface area contributed by atoms with Crippen LogP contribution in [0.5, 0.6) is 5.75 Å². The monoisotopic (exact) mass is 638 g/mol. The van der Waals surface area contributed by atoms with Gasteiger partial charge >= 0.3 is 27.9 Å². The van der Waals surface area contributed by atoms with Crippen molar-refractivity contribution in [3.63, 3.8) is 0 Å². The molecule has 0 aliphatic heterocycles. The first-order chi connectivity index (χ1) is 21.0. The van der Waals surface area contributed by atoms with Crippen molar-refractivity contribution in [3.8, 4) is 5.75 Å². The molecule has 0 aromatic heterocycles. The molecule has 0 N–H and O–H groups in total. The van der Waals surface area contributed by atoms with Crippen LogP contribution in [-0.2, 0) is 40.1 Å². The van der Waals surface area contributed by atoms with Crippen molar-refractivity contribution < 1.29 is 49.7 Å². The molecule has 0 spiro atoms. The number of halogens is 3. The van der Waals surface area contributed by atoms with Gasteiger partial charge in [0.2, 0.25) is 0 Å². The predicted molar refractivity (Wildman–Crippen MR) is 155 cm³/mol. The van der Waals surface area contributed by atoms with Crippen molar-refractivity contribution in [2.24, 2.45) is 0 Å². The average Bonchev–Trinajstić information content (AvgIpc) is 3.01. The van der Waals surface area contributed by atoms with E-state index in [2.05, 4.69) is 59.6 Å². The van der Waals surface area contributed by atoms with Crippen LogP contribution in [0.1, 0.15) is 89.2 Å². The first kappa shape index (κ1) is 38.0. The molecule has 2 aromatic rings. The third-order valence-electron chi connectivity index (χ3n) is 6.89. The summed E-state index contributed by atoms with van der Waals surface area (Å²) in [5.74, 6) is 0.945. The van der Waals surface area contributed by atoms with Gasteiger partial charge in [0.15, 0.2) is 0 Å². The van der Waals surface area contributed by atoms with Crippen LogP contribution in [0.3, 0.4) is 0 Å². The molecule has 12 heteroatoms. The lowest BCUT2D eigenvalue weighted by Gasteiger charge is -2.20. The Bertz CT molecular complexity index is 1390. The number of allylic oxidation sites excluding steroid dienone is 4. The van der Waals surface area contributed by atoms with Crippen LogP contribution in [0.2, 0.25) is 0 Å². The minimum atomic E-state index is -5.50. The van der Waals surface area contributed by atoms with Gasteiger partial charge in [0, 0.05) is 6.42 Å². The lowest BCUT2D eigenvalue weighted by molar-refractivity contribution is -0.193. The van der Waals surface area contributed by atoms with Crippen LogP contribution in [0.25, 0.3) is 5.57 Å². The maximum Gasteiger partial charge on any atom is 0.534 e. The maximum atomic E-state index is 12.1. The fourth-order valence-electron chi connectivity index (χ4n) is 4.82. The van der Waals surface area contributed by atoms with E-state index in [1.54, 1.807) is 18.1 Å². The summed E-state index contributed by atoms with van der Waals surface area (Å²) < 4.78 is 68.0. The molecule has 0 bridgehead atoms. The molecule has 0 unspecified atom stereocenters. The van der Waals surface area contributed by atoms with E-state index in [4.69, 9.17) is 23.9 Å². The second-order valence-corrected chi connectivity index (χ2v) is 11.2. The molecule has 4 rings (SSSR count).